The summed E-state index contributed by atoms with van der Waals surface area (Å²) >= 11 is 0. The molecule has 0 aliphatic carbocycles. The maximum absolute atomic E-state index is 12.4. The molecule has 0 aliphatic heterocycles. The molecule has 0 unspecified atom stereocenters. The average molecular weight is 408 g/mol. The Morgan fingerprint density at radius 3 is 1.97 bits per heavy atom. The molecule has 0 amide bonds. The zero-order chi connectivity index (χ0) is 21.5. The number of hydrogen-bond acceptors (Lipinski definition) is 8. The molecule has 0 saturated carbocycles. The van der Waals surface area contributed by atoms with Crippen LogP contribution in [0.5, 0.6) is 0 Å². The summed E-state index contributed by atoms with van der Waals surface area (Å²) in [5.41, 5.74) is 3.93. The van der Waals surface area contributed by atoms with E-state index in [0.717, 1.165) is 11.4 Å². The van der Waals surface area contributed by atoms with Crippen molar-refractivity contribution < 1.29 is 5.11 Å². The normalized spacial score (nSPS) is 10.6. The van der Waals surface area contributed by atoms with E-state index in [1.807, 2.05) is 48.2 Å². The van der Waals surface area contributed by atoms with Crippen molar-refractivity contribution >= 4 is 11.4 Å². The highest BCUT2D eigenvalue weighted by molar-refractivity contribution is 5.66. The van der Waals surface area contributed by atoms with E-state index in [4.69, 9.17) is 5.11 Å². The summed E-state index contributed by atoms with van der Waals surface area (Å²) < 4.78 is 0. The molecule has 3 rings (SSSR count). The molecule has 0 fully saturated rings. The van der Waals surface area contributed by atoms with Gasteiger partial charge in [0.15, 0.2) is 5.43 Å². The zero-order valence-electron chi connectivity index (χ0n) is 16.9. The fourth-order valence-corrected chi connectivity index (χ4v) is 3.03. The van der Waals surface area contributed by atoms with Crippen molar-refractivity contribution in [1.82, 2.24) is 15.0 Å². The molecule has 0 radical (unpaired) electrons. The van der Waals surface area contributed by atoms with Gasteiger partial charge in [-0.2, -0.15) is 4.91 Å². The van der Waals surface area contributed by atoms with Crippen LogP contribution < -0.4 is 15.2 Å². The average Bonchev–Trinajstić information content (AvgIpc) is 2.77. The van der Waals surface area contributed by atoms with Gasteiger partial charge in [-0.3, -0.25) is 14.8 Å². The van der Waals surface area contributed by atoms with Gasteiger partial charge in [-0.15, -0.1) is 0 Å². The van der Waals surface area contributed by atoms with Crippen LogP contribution in [0.2, 0.25) is 0 Å². The van der Waals surface area contributed by atoms with Gasteiger partial charge >= 0.3 is 0 Å². The molecule has 9 heteroatoms. The van der Waals surface area contributed by atoms with E-state index in [1.54, 1.807) is 12.4 Å². The fraction of sp³-hybridized carbons (Fsp3) is 0.286. The van der Waals surface area contributed by atoms with E-state index in [2.05, 4.69) is 20.1 Å². The Balaban J connectivity index is 1.96. The summed E-state index contributed by atoms with van der Waals surface area (Å²) in [5.74, 6) is 0. The zero-order valence-corrected chi connectivity index (χ0v) is 16.9. The summed E-state index contributed by atoms with van der Waals surface area (Å²) in [6.07, 6.45) is 3.32. The third-order valence-electron chi connectivity index (χ3n) is 4.73. The molecule has 0 atom stereocenters. The Hall–Kier alpha value is -3.59. The molecule has 0 saturated heterocycles. The molecule has 156 valence electrons. The Morgan fingerprint density at radius 2 is 1.47 bits per heavy atom. The van der Waals surface area contributed by atoms with Crippen molar-refractivity contribution in [3.8, 4) is 22.8 Å². The minimum absolute atomic E-state index is 0.0415. The number of aromatic nitrogens is 3. The highest BCUT2D eigenvalue weighted by Crippen LogP contribution is 2.24. The van der Waals surface area contributed by atoms with Gasteiger partial charge in [-0.05, 0) is 24.3 Å². The summed E-state index contributed by atoms with van der Waals surface area (Å²) in [6, 6.07) is 10.4. The van der Waals surface area contributed by atoms with Crippen LogP contribution in [0.15, 0.2) is 58.8 Å². The second kappa shape index (κ2) is 9.75. The van der Waals surface area contributed by atoms with Gasteiger partial charge in [0, 0.05) is 63.1 Å². The van der Waals surface area contributed by atoms with Crippen molar-refractivity contribution in [2.45, 2.75) is 0 Å². The number of nitrogens with one attached hydrogen (secondary N) is 1. The van der Waals surface area contributed by atoms with Crippen molar-refractivity contribution in [2.75, 3.05) is 50.1 Å². The number of nitrogens with zero attached hydrogens (tertiary/aromatic N) is 5. The molecule has 9 nitrogen and oxygen atoms in total. The lowest BCUT2D eigenvalue weighted by Gasteiger charge is -2.19. The van der Waals surface area contributed by atoms with Gasteiger partial charge in [0.05, 0.1) is 35.9 Å². The number of aliphatic hydroxyl groups excluding tert-OH is 1. The number of aromatic amines is 1. The third kappa shape index (κ3) is 5.06. The summed E-state index contributed by atoms with van der Waals surface area (Å²) in [4.78, 5) is 38.6. The highest BCUT2D eigenvalue weighted by atomic mass is 16.3. The maximum atomic E-state index is 12.4. The first-order chi connectivity index (χ1) is 14.5. The number of pyridine rings is 3. The van der Waals surface area contributed by atoms with Gasteiger partial charge < -0.3 is 19.9 Å². The first-order valence-corrected chi connectivity index (χ1v) is 9.51. The van der Waals surface area contributed by atoms with Crippen molar-refractivity contribution in [3.05, 3.63) is 63.9 Å². The topological polar surface area (TPSA) is 115 Å². The molecule has 3 heterocycles. The lowest BCUT2D eigenvalue weighted by atomic mass is 10.1. The van der Waals surface area contributed by atoms with E-state index in [-0.39, 0.29) is 18.6 Å². The monoisotopic (exact) mass is 408 g/mol. The molecule has 2 N–H and O–H groups in total. The van der Waals surface area contributed by atoms with E-state index in [0.29, 0.717) is 35.9 Å². The first kappa shape index (κ1) is 21.1. The van der Waals surface area contributed by atoms with E-state index in [1.165, 1.54) is 12.1 Å². The summed E-state index contributed by atoms with van der Waals surface area (Å²) in [6.45, 7) is 1.21. The fourth-order valence-electron chi connectivity index (χ4n) is 3.03. The quantitative estimate of drug-likeness (QED) is 0.521. The molecule has 3 aromatic rings. The molecular formula is C21H24N6O3. The van der Waals surface area contributed by atoms with Crippen LogP contribution in [0.1, 0.15) is 0 Å². The van der Waals surface area contributed by atoms with Crippen molar-refractivity contribution in [2.24, 2.45) is 5.18 Å². The van der Waals surface area contributed by atoms with Gasteiger partial charge in [-0.1, -0.05) is 5.18 Å². The van der Waals surface area contributed by atoms with E-state index in [9.17, 15) is 9.70 Å². The number of H-pyrrole nitrogens is 1. The lowest BCUT2D eigenvalue weighted by Crippen LogP contribution is -2.21. The first-order valence-electron chi connectivity index (χ1n) is 9.51. The van der Waals surface area contributed by atoms with E-state index < -0.39 is 0 Å². The molecule has 3 aromatic heterocycles. The minimum Gasteiger partial charge on any atom is -0.395 e. The highest BCUT2D eigenvalue weighted by Gasteiger charge is 2.10. The second-order valence-electron chi connectivity index (χ2n) is 6.86. The number of rotatable bonds is 9. The van der Waals surface area contributed by atoms with Crippen molar-refractivity contribution in [1.29, 1.82) is 0 Å². The summed E-state index contributed by atoms with van der Waals surface area (Å²) in [5, 5.41) is 12.0. The smallest absolute Gasteiger partial charge is 0.182 e. The second-order valence-corrected chi connectivity index (χ2v) is 6.86. The van der Waals surface area contributed by atoms with Crippen LogP contribution in [0.25, 0.3) is 22.8 Å². The van der Waals surface area contributed by atoms with Crippen LogP contribution in [-0.4, -0.2) is 60.4 Å². The Labute approximate surface area is 174 Å². The van der Waals surface area contributed by atoms with Crippen LogP contribution in [0.3, 0.4) is 0 Å². The molecule has 30 heavy (non-hydrogen) atoms. The van der Waals surface area contributed by atoms with E-state index >= 15 is 0 Å². The maximum Gasteiger partial charge on any atom is 0.182 e. The standard InChI is InChI=1S/C21H24N6O3/c1-26(8-7-24-30)15-3-5-22-18(11-15)20-13-17(29)14-21(25-20)19-12-16(4-6-23-19)27(2)9-10-28/h3-6,11-14,28H,7-10H2,1-2H3,(H,25,29). The number of likely N-dealkylation sites (N-methyl/N-ethyl adjacent to an activating group) is 2. The minimum atomic E-state index is -0.166. The predicted molar refractivity (Wildman–Crippen MR) is 118 cm³/mol. The Morgan fingerprint density at radius 1 is 0.933 bits per heavy atom. The number of anilines is 2. The Kier molecular flexibility index (Phi) is 6.87. The molecule has 0 aliphatic rings. The van der Waals surface area contributed by atoms with Crippen LogP contribution in [0.4, 0.5) is 11.4 Å². The van der Waals surface area contributed by atoms with Crippen molar-refractivity contribution in [3.63, 3.8) is 0 Å². The molecule has 0 aromatic carbocycles. The third-order valence-corrected chi connectivity index (χ3v) is 4.73. The largest absolute Gasteiger partial charge is 0.395 e. The summed E-state index contributed by atoms with van der Waals surface area (Å²) in [7, 11) is 3.74. The number of hydrogen-bond donors (Lipinski definition) is 2. The molecular weight excluding hydrogens is 384 g/mol. The van der Waals surface area contributed by atoms with Gasteiger partial charge in [-0.25, -0.2) is 0 Å². The lowest BCUT2D eigenvalue weighted by molar-refractivity contribution is 0.304. The van der Waals surface area contributed by atoms with Crippen LogP contribution in [0, 0.1) is 4.91 Å². The predicted octanol–water partition coefficient (Wildman–Crippen LogP) is 2.13. The Bertz CT molecular complexity index is 1070. The molecule has 0 bridgehead atoms. The van der Waals surface area contributed by atoms with Crippen LogP contribution in [-0.2, 0) is 0 Å². The molecule has 0 spiro atoms. The number of aliphatic hydroxyl groups is 1. The van der Waals surface area contributed by atoms with Crippen LogP contribution >= 0.6 is 0 Å². The SMILES string of the molecule is CN(CCO)c1ccnc(-c2cc(=O)cc(-c3cc(N(C)CCN=O)ccn3)[nH]2)c1. The number of nitroso groups, excluding NO2 is 1. The van der Waals surface area contributed by atoms with Gasteiger partial charge in [0.1, 0.15) is 0 Å². The van der Waals surface area contributed by atoms with Gasteiger partial charge in [0.2, 0.25) is 0 Å². The van der Waals surface area contributed by atoms with Gasteiger partial charge in [0.25, 0.3) is 0 Å².